The molecule has 5 nitrogen and oxygen atoms in total. The van der Waals surface area contributed by atoms with E-state index < -0.39 is 0 Å². The van der Waals surface area contributed by atoms with Gasteiger partial charge < -0.3 is 4.74 Å². The molecule has 0 unspecified atom stereocenters. The average molecular weight is 407 g/mol. The Labute approximate surface area is 179 Å². The van der Waals surface area contributed by atoms with Crippen molar-refractivity contribution in [2.45, 2.75) is 6.42 Å². The highest BCUT2D eigenvalue weighted by atomic mass is 16.5. The molecule has 0 aliphatic carbocycles. The van der Waals surface area contributed by atoms with Gasteiger partial charge in [-0.15, -0.1) is 0 Å². The molecule has 2 heterocycles. The number of ether oxygens (including phenoxy) is 1. The van der Waals surface area contributed by atoms with Gasteiger partial charge in [0.1, 0.15) is 5.75 Å². The highest BCUT2D eigenvalue weighted by molar-refractivity contribution is 5.81. The van der Waals surface area contributed by atoms with E-state index in [1.165, 1.54) is 4.52 Å². The van der Waals surface area contributed by atoms with Gasteiger partial charge in [0.25, 0.3) is 5.56 Å². The van der Waals surface area contributed by atoms with Crippen LogP contribution in [0.25, 0.3) is 28.0 Å². The first kappa shape index (κ1) is 18.9. The van der Waals surface area contributed by atoms with Gasteiger partial charge in [0.05, 0.1) is 12.8 Å². The minimum atomic E-state index is -0.141. The Morgan fingerprint density at radius 1 is 0.871 bits per heavy atom. The average Bonchev–Trinajstić information content (AvgIpc) is 3.19. The van der Waals surface area contributed by atoms with E-state index in [0.717, 1.165) is 33.7 Å². The van der Waals surface area contributed by atoms with E-state index in [1.807, 2.05) is 72.8 Å². The Bertz CT molecular complexity index is 1390. The van der Waals surface area contributed by atoms with Crippen LogP contribution in [0.5, 0.6) is 5.75 Å². The molecule has 0 saturated heterocycles. The van der Waals surface area contributed by atoms with E-state index in [0.29, 0.717) is 17.8 Å². The molecule has 0 atom stereocenters. The fourth-order valence-corrected chi connectivity index (χ4v) is 3.83. The number of benzene rings is 3. The van der Waals surface area contributed by atoms with E-state index >= 15 is 0 Å². The monoisotopic (exact) mass is 407 g/mol. The number of hydrogen-bond acceptors (Lipinski definition) is 3. The van der Waals surface area contributed by atoms with Crippen molar-refractivity contribution in [2.24, 2.45) is 0 Å². The predicted molar refractivity (Wildman–Crippen MR) is 122 cm³/mol. The lowest BCUT2D eigenvalue weighted by atomic mass is 10.0. The van der Waals surface area contributed by atoms with Gasteiger partial charge in [-0.3, -0.25) is 9.89 Å². The smallest absolute Gasteiger partial charge is 0.273 e. The summed E-state index contributed by atoms with van der Waals surface area (Å²) in [5, 5.41) is 3.30. The van der Waals surface area contributed by atoms with Crippen LogP contribution in [0.15, 0.2) is 95.8 Å². The molecule has 2 aromatic heterocycles. The summed E-state index contributed by atoms with van der Waals surface area (Å²) < 4.78 is 6.85. The third kappa shape index (κ3) is 3.62. The van der Waals surface area contributed by atoms with Crippen LogP contribution < -0.4 is 10.3 Å². The largest absolute Gasteiger partial charge is 0.497 e. The van der Waals surface area contributed by atoms with Crippen molar-refractivity contribution in [3.8, 4) is 28.1 Å². The molecule has 0 aliphatic heterocycles. The number of aromatic amines is 1. The molecule has 0 saturated carbocycles. The molecule has 5 aromatic rings. The van der Waals surface area contributed by atoms with Gasteiger partial charge in [-0.25, -0.2) is 9.50 Å². The van der Waals surface area contributed by atoms with Crippen molar-refractivity contribution in [3.63, 3.8) is 0 Å². The lowest BCUT2D eigenvalue weighted by Crippen LogP contribution is -2.14. The lowest BCUT2D eigenvalue weighted by molar-refractivity contribution is 0.415. The Morgan fingerprint density at radius 2 is 1.55 bits per heavy atom. The standard InChI is InChI=1S/C26H21N3O2/c1-31-21-14-12-20(13-15-21)25-23(16-18-8-4-2-5-9-18)28-29-24(30)17-22(27-26(25)29)19-10-6-3-7-11-19/h2-15,17,28H,16H2,1H3. The van der Waals surface area contributed by atoms with Crippen molar-refractivity contribution in [2.75, 3.05) is 7.11 Å². The van der Waals surface area contributed by atoms with Crippen LogP contribution in [0.2, 0.25) is 0 Å². The third-order valence-electron chi connectivity index (χ3n) is 5.36. The molecule has 3 aromatic carbocycles. The summed E-state index contributed by atoms with van der Waals surface area (Å²) >= 11 is 0. The molecular formula is C26H21N3O2. The third-order valence-corrected chi connectivity index (χ3v) is 5.36. The Morgan fingerprint density at radius 3 is 2.23 bits per heavy atom. The number of nitrogens with zero attached hydrogens (tertiary/aromatic N) is 2. The molecular weight excluding hydrogens is 386 g/mol. The summed E-state index contributed by atoms with van der Waals surface area (Å²) in [5.74, 6) is 0.781. The quantitative estimate of drug-likeness (QED) is 0.448. The number of aromatic nitrogens is 3. The minimum Gasteiger partial charge on any atom is -0.497 e. The highest BCUT2D eigenvalue weighted by Crippen LogP contribution is 2.31. The van der Waals surface area contributed by atoms with E-state index in [-0.39, 0.29) is 5.56 Å². The van der Waals surface area contributed by atoms with Crippen LogP contribution in [-0.2, 0) is 6.42 Å². The number of hydrogen-bond donors (Lipinski definition) is 1. The molecule has 5 rings (SSSR count). The van der Waals surface area contributed by atoms with Crippen LogP contribution in [0.1, 0.15) is 11.3 Å². The lowest BCUT2D eigenvalue weighted by Gasteiger charge is -2.06. The van der Waals surface area contributed by atoms with Crippen molar-refractivity contribution >= 4 is 5.65 Å². The first-order valence-corrected chi connectivity index (χ1v) is 10.1. The van der Waals surface area contributed by atoms with Crippen LogP contribution in [0, 0.1) is 0 Å². The second kappa shape index (κ2) is 7.95. The number of rotatable bonds is 5. The second-order valence-corrected chi connectivity index (χ2v) is 7.36. The zero-order valence-electron chi connectivity index (χ0n) is 17.1. The normalized spacial score (nSPS) is 11.0. The Hall–Kier alpha value is -4.12. The van der Waals surface area contributed by atoms with E-state index in [1.54, 1.807) is 13.2 Å². The van der Waals surface area contributed by atoms with Crippen LogP contribution in [0.4, 0.5) is 0 Å². The molecule has 5 heteroatoms. The second-order valence-electron chi connectivity index (χ2n) is 7.36. The Balaban J connectivity index is 1.75. The zero-order valence-corrected chi connectivity index (χ0v) is 17.1. The summed E-state index contributed by atoms with van der Waals surface area (Å²) in [4.78, 5) is 17.9. The number of nitrogens with one attached hydrogen (secondary N) is 1. The highest BCUT2D eigenvalue weighted by Gasteiger charge is 2.18. The summed E-state index contributed by atoms with van der Waals surface area (Å²) in [6.45, 7) is 0. The molecule has 152 valence electrons. The fraction of sp³-hybridized carbons (Fsp3) is 0.0769. The molecule has 31 heavy (non-hydrogen) atoms. The van der Waals surface area contributed by atoms with Gasteiger partial charge in [-0.05, 0) is 23.3 Å². The molecule has 0 aliphatic rings. The van der Waals surface area contributed by atoms with Crippen LogP contribution in [0.3, 0.4) is 0 Å². The maximum absolute atomic E-state index is 13.0. The number of H-pyrrole nitrogens is 1. The maximum Gasteiger partial charge on any atom is 0.273 e. The van der Waals surface area contributed by atoms with Crippen molar-refractivity contribution in [1.29, 1.82) is 0 Å². The van der Waals surface area contributed by atoms with Crippen molar-refractivity contribution in [1.82, 2.24) is 14.6 Å². The van der Waals surface area contributed by atoms with E-state index in [4.69, 9.17) is 9.72 Å². The van der Waals surface area contributed by atoms with Gasteiger partial charge in [0.15, 0.2) is 5.65 Å². The zero-order chi connectivity index (χ0) is 21.2. The van der Waals surface area contributed by atoms with E-state index in [2.05, 4.69) is 17.2 Å². The summed E-state index contributed by atoms with van der Waals surface area (Å²) in [5.41, 5.74) is 6.02. The summed E-state index contributed by atoms with van der Waals surface area (Å²) in [6, 6.07) is 29.4. The van der Waals surface area contributed by atoms with Gasteiger partial charge in [0.2, 0.25) is 0 Å². The number of methoxy groups -OCH3 is 1. The summed E-state index contributed by atoms with van der Waals surface area (Å²) in [7, 11) is 1.65. The minimum absolute atomic E-state index is 0.141. The molecule has 0 spiro atoms. The maximum atomic E-state index is 13.0. The van der Waals surface area contributed by atoms with Gasteiger partial charge >= 0.3 is 0 Å². The first-order chi connectivity index (χ1) is 15.2. The molecule has 0 bridgehead atoms. The molecule has 0 amide bonds. The van der Waals surface area contributed by atoms with Gasteiger partial charge in [-0.2, -0.15) is 0 Å². The van der Waals surface area contributed by atoms with Crippen LogP contribution in [-0.4, -0.2) is 21.7 Å². The fourth-order valence-electron chi connectivity index (χ4n) is 3.83. The number of fused-ring (bicyclic) bond motifs is 1. The van der Waals surface area contributed by atoms with Gasteiger partial charge in [-0.1, -0.05) is 72.8 Å². The van der Waals surface area contributed by atoms with E-state index in [9.17, 15) is 4.79 Å². The Kier molecular flexibility index (Phi) is 4.84. The molecule has 0 fully saturated rings. The molecule has 1 N–H and O–H groups in total. The first-order valence-electron chi connectivity index (χ1n) is 10.1. The van der Waals surface area contributed by atoms with Crippen molar-refractivity contribution in [3.05, 3.63) is 113 Å². The van der Waals surface area contributed by atoms with Gasteiger partial charge in [0, 0.05) is 29.3 Å². The van der Waals surface area contributed by atoms with Crippen LogP contribution >= 0.6 is 0 Å². The SMILES string of the molecule is COc1ccc(-c2c(Cc3ccccc3)[nH]n3c(=O)cc(-c4ccccc4)nc23)cc1. The molecule has 0 radical (unpaired) electrons. The summed E-state index contributed by atoms with van der Waals surface area (Å²) in [6.07, 6.45) is 0.658. The van der Waals surface area contributed by atoms with Crippen molar-refractivity contribution < 1.29 is 4.74 Å². The topological polar surface area (TPSA) is 59.4 Å². The predicted octanol–water partition coefficient (Wildman–Crippen LogP) is 4.96.